The molecule has 104 valence electrons. The van der Waals surface area contributed by atoms with E-state index in [1.165, 1.54) is 0 Å². The van der Waals surface area contributed by atoms with Crippen LogP contribution < -0.4 is 10.6 Å². The van der Waals surface area contributed by atoms with Crippen LogP contribution in [0.15, 0.2) is 51.4 Å². The Hall–Kier alpha value is -1.04. The first-order chi connectivity index (χ1) is 9.54. The van der Waals surface area contributed by atoms with Crippen LogP contribution in [-0.4, -0.2) is 12.5 Å². The molecule has 0 fully saturated rings. The van der Waals surface area contributed by atoms with Crippen LogP contribution in [0.2, 0.25) is 5.02 Å². The molecule has 3 nitrogen and oxygen atoms in total. The molecule has 20 heavy (non-hydrogen) atoms. The van der Waals surface area contributed by atoms with Gasteiger partial charge < -0.3 is 10.6 Å². The number of nitrogens with one attached hydrogen (secondary N) is 2. The molecule has 0 heterocycles. The van der Waals surface area contributed by atoms with Gasteiger partial charge in [-0.3, -0.25) is 4.79 Å². The third kappa shape index (κ3) is 4.51. The van der Waals surface area contributed by atoms with Crippen molar-refractivity contribution in [2.45, 2.75) is 0 Å². The maximum Gasteiger partial charge on any atom is 0.243 e. The number of carbonyl (C=O) groups excluding carboxylic acids is 1. The number of hydrogen-bond donors (Lipinski definition) is 2. The summed E-state index contributed by atoms with van der Waals surface area (Å²) in [5.41, 5.74) is 1.58. The van der Waals surface area contributed by atoms with Gasteiger partial charge in [0.2, 0.25) is 5.91 Å². The monoisotopic (exact) mass is 416 g/mol. The minimum absolute atomic E-state index is 0.117. The van der Waals surface area contributed by atoms with Crippen molar-refractivity contribution in [1.82, 2.24) is 0 Å². The van der Waals surface area contributed by atoms with Crippen molar-refractivity contribution >= 4 is 60.7 Å². The minimum atomic E-state index is -0.117. The number of carbonyl (C=O) groups is 1. The van der Waals surface area contributed by atoms with Crippen LogP contribution in [0, 0.1) is 0 Å². The summed E-state index contributed by atoms with van der Waals surface area (Å²) in [5.74, 6) is -0.117. The maximum atomic E-state index is 11.8. The first kappa shape index (κ1) is 15.4. The Morgan fingerprint density at radius 3 is 2.45 bits per heavy atom. The van der Waals surface area contributed by atoms with Crippen molar-refractivity contribution in [3.63, 3.8) is 0 Å². The number of amides is 1. The van der Waals surface area contributed by atoms with E-state index in [-0.39, 0.29) is 12.5 Å². The van der Waals surface area contributed by atoms with E-state index in [4.69, 9.17) is 11.6 Å². The summed E-state index contributed by atoms with van der Waals surface area (Å²) in [4.78, 5) is 11.8. The van der Waals surface area contributed by atoms with Crippen LogP contribution in [0.3, 0.4) is 0 Å². The molecule has 0 saturated carbocycles. The molecule has 0 spiro atoms. The Morgan fingerprint density at radius 1 is 1.10 bits per heavy atom. The first-order valence-electron chi connectivity index (χ1n) is 5.79. The predicted molar refractivity (Wildman–Crippen MR) is 90.4 cm³/mol. The van der Waals surface area contributed by atoms with Gasteiger partial charge in [0, 0.05) is 25.3 Å². The van der Waals surface area contributed by atoms with E-state index < -0.39 is 0 Å². The summed E-state index contributed by atoms with van der Waals surface area (Å²) in [5, 5.41) is 6.49. The Kier molecular flexibility index (Phi) is 5.46. The molecule has 0 aliphatic rings. The van der Waals surface area contributed by atoms with Crippen LogP contribution in [0.5, 0.6) is 0 Å². The second-order valence-corrected chi connectivity index (χ2v) is 6.24. The highest BCUT2D eigenvalue weighted by Crippen LogP contribution is 2.25. The molecule has 0 saturated heterocycles. The van der Waals surface area contributed by atoms with E-state index in [0.29, 0.717) is 5.02 Å². The number of anilines is 2. The molecule has 1 amide bonds. The average molecular weight is 419 g/mol. The fraction of sp³-hybridized carbons (Fsp3) is 0.0714. The molecule has 0 radical (unpaired) electrons. The van der Waals surface area contributed by atoms with Crippen LogP contribution >= 0.6 is 43.5 Å². The number of halogens is 3. The van der Waals surface area contributed by atoms with Crippen LogP contribution in [-0.2, 0) is 4.79 Å². The van der Waals surface area contributed by atoms with E-state index in [0.717, 1.165) is 20.3 Å². The number of rotatable bonds is 4. The highest BCUT2D eigenvalue weighted by Gasteiger charge is 2.05. The molecule has 0 aliphatic heterocycles. The van der Waals surface area contributed by atoms with Crippen molar-refractivity contribution in [1.29, 1.82) is 0 Å². The average Bonchev–Trinajstić information content (AvgIpc) is 2.40. The lowest BCUT2D eigenvalue weighted by Crippen LogP contribution is -2.21. The Balaban J connectivity index is 1.90. The lowest BCUT2D eigenvalue weighted by atomic mass is 10.3. The number of hydrogen-bond acceptors (Lipinski definition) is 2. The quantitative estimate of drug-likeness (QED) is 0.740. The summed E-state index contributed by atoms with van der Waals surface area (Å²) in [7, 11) is 0. The van der Waals surface area contributed by atoms with Crippen molar-refractivity contribution in [3.05, 3.63) is 56.4 Å². The molecule has 2 rings (SSSR count). The fourth-order valence-electron chi connectivity index (χ4n) is 1.55. The largest absolute Gasteiger partial charge is 0.375 e. The summed E-state index contributed by atoms with van der Waals surface area (Å²) < 4.78 is 1.79. The van der Waals surface area contributed by atoms with E-state index in [1.807, 2.05) is 30.3 Å². The van der Waals surface area contributed by atoms with Crippen molar-refractivity contribution in [2.24, 2.45) is 0 Å². The molecule has 2 N–H and O–H groups in total. The van der Waals surface area contributed by atoms with Gasteiger partial charge in [-0.25, -0.2) is 0 Å². The van der Waals surface area contributed by atoms with E-state index >= 15 is 0 Å². The second-order valence-electron chi connectivity index (χ2n) is 4.03. The first-order valence-corrected chi connectivity index (χ1v) is 7.75. The summed E-state index contributed by atoms with van der Waals surface area (Å²) in [6.45, 7) is 0.177. The Bertz CT molecular complexity index is 617. The van der Waals surface area contributed by atoms with Crippen molar-refractivity contribution in [2.75, 3.05) is 17.2 Å². The fourth-order valence-corrected chi connectivity index (χ4v) is 2.63. The lowest BCUT2D eigenvalue weighted by molar-refractivity contribution is -0.114. The summed E-state index contributed by atoms with van der Waals surface area (Å²) in [6.07, 6.45) is 0. The van der Waals surface area contributed by atoms with Gasteiger partial charge in [0.05, 0.1) is 6.54 Å². The van der Waals surface area contributed by atoms with Gasteiger partial charge in [-0.05, 0) is 58.4 Å². The molecule has 0 aromatic heterocycles. The number of benzene rings is 2. The zero-order valence-corrected chi connectivity index (χ0v) is 14.2. The van der Waals surface area contributed by atoms with Gasteiger partial charge in [-0.1, -0.05) is 27.5 Å². The molecule has 0 aliphatic carbocycles. The SMILES string of the molecule is O=C(CNc1ccc(Cl)cc1Br)Nc1ccc(Br)cc1. The third-order valence-electron chi connectivity index (χ3n) is 2.50. The highest BCUT2D eigenvalue weighted by molar-refractivity contribution is 9.10. The topological polar surface area (TPSA) is 41.1 Å². The molecule has 2 aromatic rings. The zero-order valence-electron chi connectivity index (χ0n) is 10.3. The van der Waals surface area contributed by atoms with Gasteiger partial charge in [0.1, 0.15) is 0 Å². The molecule has 2 aromatic carbocycles. The summed E-state index contributed by atoms with van der Waals surface area (Å²) in [6, 6.07) is 12.8. The molecule has 0 unspecified atom stereocenters. The third-order valence-corrected chi connectivity index (χ3v) is 3.92. The normalized spacial score (nSPS) is 10.2. The van der Waals surface area contributed by atoms with Crippen LogP contribution in [0.4, 0.5) is 11.4 Å². The Morgan fingerprint density at radius 2 is 1.80 bits per heavy atom. The van der Waals surface area contributed by atoms with Crippen molar-refractivity contribution in [3.8, 4) is 0 Å². The molecular weight excluding hydrogens is 407 g/mol. The molecule has 0 bridgehead atoms. The van der Waals surface area contributed by atoms with Gasteiger partial charge in [-0.2, -0.15) is 0 Å². The summed E-state index contributed by atoms with van der Waals surface area (Å²) >= 11 is 12.6. The zero-order chi connectivity index (χ0) is 14.5. The van der Waals surface area contributed by atoms with Crippen molar-refractivity contribution < 1.29 is 4.79 Å². The lowest BCUT2D eigenvalue weighted by Gasteiger charge is -2.09. The van der Waals surface area contributed by atoms with Gasteiger partial charge in [-0.15, -0.1) is 0 Å². The highest BCUT2D eigenvalue weighted by atomic mass is 79.9. The second kappa shape index (κ2) is 7.11. The predicted octanol–water partition coefficient (Wildman–Crippen LogP) is 4.92. The van der Waals surface area contributed by atoms with Gasteiger partial charge in [0.25, 0.3) is 0 Å². The molecule has 0 atom stereocenters. The standard InChI is InChI=1S/C14H11Br2ClN2O/c15-9-1-4-11(5-2-9)19-14(20)8-18-13-6-3-10(17)7-12(13)16/h1-7,18H,8H2,(H,19,20). The van der Waals surface area contributed by atoms with E-state index in [1.54, 1.807) is 12.1 Å². The van der Waals surface area contributed by atoms with E-state index in [9.17, 15) is 4.79 Å². The van der Waals surface area contributed by atoms with Crippen LogP contribution in [0.25, 0.3) is 0 Å². The van der Waals surface area contributed by atoms with Gasteiger partial charge >= 0.3 is 0 Å². The van der Waals surface area contributed by atoms with E-state index in [2.05, 4.69) is 42.5 Å². The minimum Gasteiger partial charge on any atom is -0.375 e. The molecule has 6 heteroatoms. The van der Waals surface area contributed by atoms with Gasteiger partial charge in [0.15, 0.2) is 0 Å². The molecular formula is C14H11Br2ClN2O. The van der Waals surface area contributed by atoms with Crippen LogP contribution in [0.1, 0.15) is 0 Å². The Labute approximate surface area is 139 Å². The maximum absolute atomic E-state index is 11.8. The smallest absolute Gasteiger partial charge is 0.243 e.